The molecule has 11 heteroatoms. The zero-order chi connectivity index (χ0) is 23.9. The molecule has 0 atom stereocenters. The average Bonchev–Trinajstić information content (AvgIpc) is 3.16. The highest BCUT2D eigenvalue weighted by atomic mass is 35.5. The second-order valence-corrected chi connectivity index (χ2v) is 8.06. The Kier molecular flexibility index (Phi) is 6.01. The molecule has 2 aromatic heterocycles. The van der Waals surface area contributed by atoms with Crippen LogP contribution in [0, 0.1) is 0 Å². The van der Waals surface area contributed by atoms with E-state index in [0.29, 0.717) is 26.9 Å². The van der Waals surface area contributed by atoms with Crippen LogP contribution in [0.4, 0.5) is 0 Å². The Morgan fingerprint density at radius 1 is 1.03 bits per heavy atom. The van der Waals surface area contributed by atoms with Crippen LogP contribution in [0.15, 0.2) is 52.1 Å². The third-order valence-corrected chi connectivity index (χ3v) is 5.73. The molecule has 0 aliphatic carbocycles. The molecule has 0 fully saturated rings. The lowest BCUT2D eigenvalue weighted by atomic mass is 10.2. The number of fused-ring (bicyclic) bond motifs is 1. The molecule has 4 aromatic rings. The Bertz CT molecular complexity index is 1500. The van der Waals surface area contributed by atoms with Gasteiger partial charge >= 0.3 is 17.7 Å². The van der Waals surface area contributed by atoms with Crippen molar-refractivity contribution in [1.82, 2.24) is 18.7 Å². The van der Waals surface area contributed by atoms with Gasteiger partial charge in [-0.3, -0.25) is 18.5 Å². The topological polar surface area (TPSA) is 97.4 Å². The fourth-order valence-corrected chi connectivity index (χ4v) is 3.82. The maximum atomic E-state index is 13.0. The Morgan fingerprint density at radius 2 is 1.73 bits per heavy atom. The summed E-state index contributed by atoms with van der Waals surface area (Å²) in [7, 11) is 4.20. The number of nitrogens with zero attached hydrogens (tertiary/aromatic N) is 4. The summed E-state index contributed by atoms with van der Waals surface area (Å²) in [6.07, 6.45) is 0. The van der Waals surface area contributed by atoms with E-state index in [1.54, 1.807) is 47.0 Å². The van der Waals surface area contributed by atoms with Crippen LogP contribution >= 0.6 is 23.2 Å². The van der Waals surface area contributed by atoms with Gasteiger partial charge in [0.1, 0.15) is 5.75 Å². The molecule has 0 bridgehead atoms. The van der Waals surface area contributed by atoms with Gasteiger partial charge in [-0.2, -0.15) is 4.98 Å². The van der Waals surface area contributed by atoms with E-state index in [4.69, 9.17) is 32.7 Å². The van der Waals surface area contributed by atoms with Gasteiger partial charge in [0.25, 0.3) is 5.56 Å². The number of ether oxygens (including phenoxy) is 2. The Balaban J connectivity index is 1.87. The molecular formula is C22H18Cl2N4O5. The minimum Gasteiger partial charge on any atom is -0.465 e. The number of methoxy groups -OCH3 is 1. The van der Waals surface area contributed by atoms with Gasteiger partial charge in [0.15, 0.2) is 11.2 Å². The maximum absolute atomic E-state index is 13.0. The van der Waals surface area contributed by atoms with Crippen LogP contribution in [-0.4, -0.2) is 31.8 Å². The van der Waals surface area contributed by atoms with Crippen molar-refractivity contribution in [3.05, 3.63) is 84.5 Å². The minimum atomic E-state index is -0.526. The summed E-state index contributed by atoms with van der Waals surface area (Å²) in [4.78, 5) is 41.5. The highest BCUT2D eigenvalue weighted by Gasteiger charge is 2.21. The van der Waals surface area contributed by atoms with Crippen molar-refractivity contribution >= 4 is 40.3 Å². The molecule has 0 N–H and O–H groups in total. The van der Waals surface area contributed by atoms with Crippen LogP contribution in [0.5, 0.6) is 11.8 Å². The average molecular weight is 489 g/mol. The van der Waals surface area contributed by atoms with Crippen LogP contribution in [0.25, 0.3) is 11.2 Å². The van der Waals surface area contributed by atoms with E-state index in [2.05, 4.69) is 4.98 Å². The minimum absolute atomic E-state index is 0.0696. The van der Waals surface area contributed by atoms with Gasteiger partial charge in [-0.25, -0.2) is 9.59 Å². The molecule has 4 rings (SSSR count). The molecule has 0 spiro atoms. The molecule has 2 aromatic carbocycles. The first-order valence-corrected chi connectivity index (χ1v) is 10.4. The molecule has 170 valence electrons. The number of hydrogen-bond donors (Lipinski definition) is 0. The highest BCUT2D eigenvalue weighted by Crippen LogP contribution is 2.28. The van der Waals surface area contributed by atoms with Gasteiger partial charge in [0, 0.05) is 24.1 Å². The zero-order valence-electron chi connectivity index (χ0n) is 17.8. The molecule has 0 saturated heterocycles. The molecule has 2 heterocycles. The van der Waals surface area contributed by atoms with E-state index in [1.807, 2.05) is 0 Å². The summed E-state index contributed by atoms with van der Waals surface area (Å²) in [6.45, 7) is 0.134. The van der Waals surface area contributed by atoms with Crippen molar-refractivity contribution < 1.29 is 14.3 Å². The third kappa shape index (κ3) is 4.12. The monoisotopic (exact) mass is 488 g/mol. The van der Waals surface area contributed by atoms with E-state index >= 15 is 0 Å². The van der Waals surface area contributed by atoms with Crippen LogP contribution in [0.3, 0.4) is 0 Å². The van der Waals surface area contributed by atoms with Crippen molar-refractivity contribution in [3.8, 4) is 11.8 Å². The number of aryl methyl sites for hydroxylation is 1. The molecule has 0 unspecified atom stereocenters. The van der Waals surface area contributed by atoms with Gasteiger partial charge in [-0.1, -0.05) is 29.3 Å². The third-order valence-electron chi connectivity index (χ3n) is 5.14. The summed E-state index contributed by atoms with van der Waals surface area (Å²) >= 11 is 12.4. The first kappa shape index (κ1) is 22.6. The molecule has 0 saturated carbocycles. The molecular weight excluding hydrogens is 471 g/mol. The summed E-state index contributed by atoms with van der Waals surface area (Å²) in [5, 5.41) is 0.874. The number of halogens is 2. The summed E-state index contributed by atoms with van der Waals surface area (Å²) in [5.41, 5.74) is 0.308. The van der Waals surface area contributed by atoms with E-state index in [0.717, 1.165) is 4.57 Å². The molecule has 33 heavy (non-hydrogen) atoms. The molecule has 0 aliphatic heterocycles. The van der Waals surface area contributed by atoms with Crippen molar-refractivity contribution in [2.45, 2.75) is 6.54 Å². The lowest BCUT2D eigenvalue weighted by molar-refractivity contribution is 0.0600. The summed E-state index contributed by atoms with van der Waals surface area (Å²) in [6, 6.07) is 11.3. The first-order valence-electron chi connectivity index (χ1n) is 9.67. The number of rotatable bonds is 5. The van der Waals surface area contributed by atoms with Crippen LogP contribution < -0.4 is 16.0 Å². The number of imidazole rings is 1. The second-order valence-electron chi connectivity index (χ2n) is 7.21. The van der Waals surface area contributed by atoms with Crippen molar-refractivity contribution in [2.24, 2.45) is 14.1 Å². The lowest BCUT2D eigenvalue weighted by Gasteiger charge is -2.12. The van der Waals surface area contributed by atoms with E-state index in [-0.39, 0.29) is 23.7 Å². The second kappa shape index (κ2) is 8.76. The number of benzene rings is 2. The van der Waals surface area contributed by atoms with Gasteiger partial charge in [0.2, 0.25) is 0 Å². The van der Waals surface area contributed by atoms with Gasteiger partial charge in [0.05, 0.1) is 19.2 Å². The smallest absolute Gasteiger partial charge is 0.337 e. The Hall–Kier alpha value is -3.56. The van der Waals surface area contributed by atoms with E-state index < -0.39 is 17.2 Å². The molecule has 0 amide bonds. The van der Waals surface area contributed by atoms with Crippen molar-refractivity contribution in [1.29, 1.82) is 0 Å². The van der Waals surface area contributed by atoms with Crippen LogP contribution in [0.1, 0.15) is 15.9 Å². The van der Waals surface area contributed by atoms with Crippen LogP contribution in [0.2, 0.25) is 10.0 Å². The predicted octanol–water partition coefficient (Wildman–Crippen LogP) is 3.37. The number of carbonyl (C=O) groups is 1. The molecule has 9 nitrogen and oxygen atoms in total. The van der Waals surface area contributed by atoms with Crippen LogP contribution in [-0.2, 0) is 25.4 Å². The standard InChI is InChI=1S/C22H18Cl2N4O5/c1-26-18-17(19(29)27(2)22(26)31)28(11-13-4-7-14(23)10-16(13)24)21(25-18)33-15-8-5-12(6-9-15)20(30)32-3/h4-10H,11H2,1-3H3. The van der Waals surface area contributed by atoms with E-state index in [9.17, 15) is 14.4 Å². The van der Waals surface area contributed by atoms with E-state index in [1.165, 1.54) is 25.8 Å². The summed E-state index contributed by atoms with van der Waals surface area (Å²) < 4.78 is 14.5. The van der Waals surface area contributed by atoms with Crippen molar-refractivity contribution in [3.63, 3.8) is 0 Å². The zero-order valence-corrected chi connectivity index (χ0v) is 19.3. The number of aromatic nitrogens is 4. The maximum Gasteiger partial charge on any atom is 0.337 e. The van der Waals surface area contributed by atoms with Gasteiger partial charge in [-0.15, -0.1) is 0 Å². The Morgan fingerprint density at radius 3 is 2.36 bits per heavy atom. The summed E-state index contributed by atoms with van der Waals surface area (Å²) in [5.74, 6) is -0.118. The number of carbonyl (C=O) groups excluding carboxylic acids is 1. The van der Waals surface area contributed by atoms with Gasteiger partial charge < -0.3 is 9.47 Å². The Labute approximate surface area is 197 Å². The van der Waals surface area contributed by atoms with Crippen molar-refractivity contribution in [2.75, 3.05) is 7.11 Å². The molecule has 0 aliphatic rings. The number of esters is 1. The quantitative estimate of drug-likeness (QED) is 0.399. The SMILES string of the molecule is COC(=O)c1ccc(Oc2nc3c(c(=O)n(C)c(=O)n3C)n2Cc2ccc(Cl)cc2Cl)cc1. The van der Waals surface area contributed by atoms with Gasteiger partial charge in [-0.05, 0) is 42.0 Å². The fraction of sp³-hybridized carbons (Fsp3) is 0.182. The largest absolute Gasteiger partial charge is 0.465 e. The normalized spacial score (nSPS) is 11.1. The fourth-order valence-electron chi connectivity index (χ4n) is 3.35. The molecule has 0 radical (unpaired) electrons. The first-order chi connectivity index (χ1) is 15.7. The highest BCUT2D eigenvalue weighted by molar-refractivity contribution is 6.35. The number of hydrogen-bond acceptors (Lipinski definition) is 6. The predicted molar refractivity (Wildman–Crippen MR) is 124 cm³/mol. The lowest BCUT2D eigenvalue weighted by Crippen LogP contribution is -2.37.